The van der Waals surface area contributed by atoms with Crippen LogP contribution in [0, 0.1) is 11.7 Å². The van der Waals surface area contributed by atoms with E-state index >= 15 is 0 Å². The molecule has 1 fully saturated rings. The molecule has 0 spiro atoms. The summed E-state index contributed by atoms with van der Waals surface area (Å²) in [4.78, 5) is 14.1. The van der Waals surface area contributed by atoms with Gasteiger partial charge in [-0.2, -0.15) is 0 Å². The van der Waals surface area contributed by atoms with E-state index in [4.69, 9.17) is 4.74 Å². The molecule has 2 rings (SSSR count). The van der Waals surface area contributed by atoms with Gasteiger partial charge in [0.2, 0.25) is 5.91 Å². The standard InChI is InChI=1S/C15H21FN2O2/c1-11(9-17-2)15(19)18-6-7-20-14(10-18)12-4-3-5-13(16)8-12/h3-5,8,11,14,17H,6-7,9-10H2,1-2H3. The normalized spacial score (nSPS) is 20.8. The summed E-state index contributed by atoms with van der Waals surface area (Å²) in [5, 5.41) is 3.01. The molecular weight excluding hydrogens is 259 g/mol. The number of carbonyl (C=O) groups is 1. The Morgan fingerprint density at radius 1 is 1.60 bits per heavy atom. The van der Waals surface area contributed by atoms with Gasteiger partial charge in [-0.1, -0.05) is 19.1 Å². The number of hydrogen-bond donors (Lipinski definition) is 1. The number of ether oxygens (including phenoxy) is 1. The lowest BCUT2D eigenvalue weighted by Gasteiger charge is -2.34. The number of morpholine rings is 1. The van der Waals surface area contributed by atoms with Gasteiger partial charge in [0.25, 0.3) is 0 Å². The molecule has 5 heteroatoms. The molecule has 0 aliphatic carbocycles. The van der Waals surface area contributed by atoms with Crippen LogP contribution in [-0.4, -0.2) is 44.1 Å². The average Bonchev–Trinajstić information content (AvgIpc) is 2.47. The Morgan fingerprint density at radius 2 is 2.40 bits per heavy atom. The molecule has 110 valence electrons. The van der Waals surface area contributed by atoms with E-state index in [0.717, 1.165) is 5.56 Å². The second-order valence-corrected chi connectivity index (χ2v) is 5.16. The Kier molecular flexibility index (Phi) is 5.09. The molecule has 1 saturated heterocycles. The van der Waals surface area contributed by atoms with E-state index in [0.29, 0.717) is 26.2 Å². The Labute approximate surface area is 118 Å². The average molecular weight is 280 g/mol. The quantitative estimate of drug-likeness (QED) is 0.910. The minimum absolute atomic E-state index is 0.0636. The largest absolute Gasteiger partial charge is 0.370 e. The van der Waals surface area contributed by atoms with Gasteiger partial charge in [0, 0.05) is 19.0 Å². The van der Waals surface area contributed by atoms with Gasteiger partial charge in [0.15, 0.2) is 0 Å². The molecule has 4 nitrogen and oxygen atoms in total. The third-order valence-corrected chi connectivity index (χ3v) is 3.53. The lowest BCUT2D eigenvalue weighted by molar-refractivity contribution is -0.142. The van der Waals surface area contributed by atoms with E-state index in [1.165, 1.54) is 12.1 Å². The van der Waals surface area contributed by atoms with Crippen LogP contribution in [0.2, 0.25) is 0 Å². The van der Waals surface area contributed by atoms with E-state index in [1.807, 2.05) is 20.0 Å². The van der Waals surface area contributed by atoms with E-state index in [1.54, 1.807) is 11.0 Å². The summed E-state index contributed by atoms with van der Waals surface area (Å²) in [6, 6.07) is 6.37. The van der Waals surface area contributed by atoms with Gasteiger partial charge in [-0.3, -0.25) is 4.79 Å². The van der Waals surface area contributed by atoms with Crippen LogP contribution in [0.1, 0.15) is 18.6 Å². The van der Waals surface area contributed by atoms with Gasteiger partial charge in [-0.05, 0) is 24.7 Å². The van der Waals surface area contributed by atoms with Crippen LogP contribution in [0.3, 0.4) is 0 Å². The number of rotatable bonds is 4. The lowest BCUT2D eigenvalue weighted by Crippen LogP contribution is -2.46. The van der Waals surface area contributed by atoms with Crippen molar-refractivity contribution in [1.82, 2.24) is 10.2 Å². The van der Waals surface area contributed by atoms with E-state index in [9.17, 15) is 9.18 Å². The molecule has 20 heavy (non-hydrogen) atoms. The second-order valence-electron chi connectivity index (χ2n) is 5.16. The summed E-state index contributed by atoms with van der Waals surface area (Å²) in [5.74, 6) is -0.228. The SMILES string of the molecule is CNCC(C)C(=O)N1CCOC(c2cccc(F)c2)C1. The van der Waals surface area contributed by atoms with Gasteiger partial charge in [0.05, 0.1) is 13.2 Å². The highest BCUT2D eigenvalue weighted by Gasteiger charge is 2.27. The van der Waals surface area contributed by atoms with Gasteiger partial charge >= 0.3 is 0 Å². The molecule has 2 unspecified atom stereocenters. The first-order chi connectivity index (χ1) is 9.61. The molecular formula is C15H21FN2O2. The zero-order valence-electron chi connectivity index (χ0n) is 11.9. The molecule has 0 saturated carbocycles. The number of hydrogen-bond acceptors (Lipinski definition) is 3. The van der Waals surface area contributed by atoms with Crippen LogP contribution in [0.15, 0.2) is 24.3 Å². The van der Waals surface area contributed by atoms with Gasteiger partial charge in [-0.15, -0.1) is 0 Å². The number of carbonyl (C=O) groups excluding carboxylic acids is 1. The minimum atomic E-state index is -0.280. The highest BCUT2D eigenvalue weighted by Crippen LogP contribution is 2.23. The van der Waals surface area contributed by atoms with E-state index in [-0.39, 0.29) is 23.7 Å². The number of benzene rings is 1. The summed E-state index contributed by atoms with van der Waals surface area (Å²) < 4.78 is 18.9. The molecule has 1 amide bonds. The number of nitrogens with zero attached hydrogens (tertiary/aromatic N) is 1. The maximum absolute atomic E-state index is 13.3. The maximum Gasteiger partial charge on any atom is 0.226 e. The van der Waals surface area contributed by atoms with Gasteiger partial charge in [-0.25, -0.2) is 4.39 Å². The minimum Gasteiger partial charge on any atom is -0.370 e. The van der Waals surface area contributed by atoms with Crippen molar-refractivity contribution in [3.8, 4) is 0 Å². The Morgan fingerprint density at radius 3 is 3.10 bits per heavy atom. The smallest absolute Gasteiger partial charge is 0.226 e. The highest BCUT2D eigenvalue weighted by molar-refractivity contribution is 5.78. The molecule has 1 N–H and O–H groups in total. The summed E-state index contributed by atoms with van der Waals surface area (Å²) in [6.07, 6.45) is -0.245. The summed E-state index contributed by atoms with van der Waals surface area (Å²) >= 11 is 0. The molecule has 1 aliphatic rings. The predicted molar refractivity (Wildman–Crippen MR) is 74.8 cm³/mol. The van der Waals surface area contributed by atoms with Crippen LogP contribution >= 0.6 is 0 Å². The van der Waals surface area contributed by atoms with Crippen molar-refractivity contribution in [2.24, 2.45) is 5.92 Å². The summed E-state index contributed by atoms with van der Waals surface area (Å²) in [5.41, 5.74) is 0.781. The van der Waals surface area contributed by atoms with Crippen LogP contribution in [0.4, 0.5) is 4.39 Å². The fourth-order valence-corrected chi connectivity index (χ4v) is 2.46. The van der Waals surface area contributed by atoms with E-state index in [2.05, 4.69) is 5.32 Å². The van der Waals surface area contributed by atoms with Crippen molar-refractivity contribution in [2.75, 3.05) is 33.3 Å². The molecule has 1 aliphatic heterocycles. The first-order valence-electron chi connectivity index (χ1n) is 6.92. The maximum atomic E-state index is 13.3. The number of amides is 1. The zero-order valence-corrected chi connectivity index (χ0v) is 11.9. The Bertz CT molecular complexity index is 467. The third-order valence-electron chi connectivity index (χ3n) is 3.53. The molecule has 1 aromatic carbocycles. The molecule has 0 radical (unpaired) electrons. The van der Waals surface area contributed by atoms with Crippen LogP contribution in [-0.2, 0) is 9.53 Å². The molecule has 1 aromatic rings. The predicted octanol–water partition coefficient (Wildman–Crippen LogP) is 1.58. The molecule has 1 heterocycles. The topological polar surface area (TPSA) is 41.6 Å². The van der Waals surface area contributed by atoms with Crippen molar-refractivity contribution in [1.29, 1.82) is 0 Å². The van der Waals surface area contributed by atoms with Gasteiger partial charge in [0.1, 0.15) is 11.9 Å². The van der Waals surface area contributed by atoms with E-state index < -0.39 is 0 Å². The third kappa shape index (κ3) is 3.55. The molecule has 0 aromatic heterocycles. The Balaban J connectivity index is 2.03. The first kappa shape index (κ1) is 14.9. The molecule has 2 atom stereocenters. The van der Waals surface area contributed by atoms with Crippen LogP contribution in [0.5, 0.6) is 0 Å². The summed E-state index contributed by atoms with van der Waals surface area (Å²) in [7, 11) is 1.83. The molecule has 0 bridgehead atoms. The Hall–Kier alpha value is -1.46. The van der Waals surface area contributed by atoms with Crippen molar-refractivity contribution >= 4 is 5.91 Å². The lowest BCUT2D eigenvalue weighted by atomic mass is 10.1. The van der Waals surface area contributed by atoms with Crippen molar-refractivity contribution < 1.29 is 13.9 Å². The van der Waals surface area contributed by atoms with Crippen LogP contribution in [0.25, 0.3) is 0 Å². The number of nitrogens with one attached hydrogen (secondary N) is 1. The van der Waals surface area contributed by atoms with Crippen molar-refractivity contribution in [2.45, 2.75) is 13.0 Å². The fourth-order valence-electron chi connectivity index (χ4n) is 2.46. The van der Waals surface area contributed by atoms with Crippen molar-refractivity contribution in [3.63, 3.8) is 0 Å². The summed E-state index contributed by atoms with van der Waals surface area (Å²) in [6.45, 7) is 4.13. The van der Waals surface area contributed by atoms with Crippen molar-refractivity contribution in [3.05, 3.63) is 35.6 Å². The second kappa shape index (κ2) is 6.81. The monoisotopic (exact) mass is 280 g/mol. The fraction of sp³-hybridized carbons (Fsp3) is 0.533. The van der Waals surface area contributed by atoms with Gasteiger partial charge < -0.3 is 15.0 Å². The van der Waals surface area contributed by atoms with Crippen LogP contribution < -0.4 is 5.32 Å². The number of halogens is 1. The zero-order chi connectivity index (χ0) is 14.5. The highest BCUT2D eigenvalue weighted by atomic mass is 19.1. The first-order valence-corrected chi connectivity index (χ1v) is 6.92.